The summed E-state index contributed by atoms with van der Waals surface area (Å²) in [5.41, 5.74) is 3.32. The predicted octanol–water partition coefficient (Wildman–Crippen LogP) is 3.83. The Kier molecular flexibility index (Phi) is 5.90. The summed E-state index contributed by atoms with van der Waals surface area (Å²) in [6, 6.07) is 4.07. The molecule has 1 rings (SSSR count). The second kappa shape index (κ2) is 6.81. The minimum absolute atomic E-state index is 0.0594. The summed E-state index contributed by atoms with van der Waals surface area (Å²) in [5.74, 6) is 0.865. The Bertz CT molecular complexity index is 565. The number of hydrogen-bond donors (Lipinski definition) is 0. The molecule has 114 valence electrons. The van der Waals surface area contributed by atoms with E-state index in [2.05, 4.69) is 6.07 Å². The van der Waals surface area contributed by atoms with Crippen LogP contribution >= 0.6 is 10.7 Å². The lowest BCUT2D eigenvalue weighted by molar-refractivity contribution is 0.223. The third-order valence-corrected chi connectivity index (χ3v) is 4.88. The zero-order valence-electron chi connectivity index (χ0n) is 12.7. The van der Waals surface area contributed by atoms with Gasteiger partial charge in [-0.15, -0.1) is 0 Å². The maximum absolute atomic E-state index is 11.3. The van der Waals surface area contributed by atoms with Crippen LogP contribution in [0.25, 0.3) is 0 Å². The molecule has 0 N–H and O–H groups in total. The zero-order chi connectivity index (χ0) is 15.5. The highest BCUT2D eigenvalue weighted by molar-refractivity contribution is 8.13. The van der Waals surface area contributed by atoms with E-state index in [1.165, 1.54) is 0 Å². The Hall–Kier alpha value is -0.740. The molecule has 0 spiro atoms. The van der Waals surface area contributed by atoms with Crippen molar-refractivity contribution in [3.05, 3.63) is 28.8 Å². The molecule has 0 radical (unpaired) electrons. The van der Waals surface area contributed by atoms with Crippen LogP contribution in [0.1, 0.15) is 30.5 Å². The van der Waals surface area contributed by atoms with Crippen LogP contribution in [0.2, 0.25) is 0 Å². The quantitative estimate of drug-likeness (QED) is 0.749. The molecule has 0 saturated heterocycles. The largest absolute Gasteiger partial charge is 0.493 e. The molecule has 0 aliphatic carbocycles. The fourth-order valence-corrected chi connectivity index (χ4v) is 3.50. The molecular weight excluding hydrogens is 296 g/mol. The Morgan fingerprint density at radius 3 is 2.20 bits per heavy atom. The SMILES string of the molecule is Cc1ccc(C)c(OCC(CS(=O)(=O)Cl)C(C)C)c1C. The van der Waals surface area contributed by atoms with Gasteiger partial charge in [0.05, 0.1) is 12.4 Å². The van der Waals surface area contributed by atoms with Gasteiger partial charge in [-0.3, -0.25) is 0 Å². The van der Waals surface area contributed by atoms with Crippen molar-refractivity contribution in [3.63, 3.8) is 0 Å². The molecule has 1 aromatic carbocycles. The lowest BCUT2D eigenvalue weighted by atomic mass is 9.99. The molecular formula is C15H23ClO3S. The van der Waals surface area contributed by atoms with Gasteiger partial charge in [-0.05, 0) is 43.4 Å². The second-order valence-corrected chi connectivity index (χ2v) is 8.50. The molecule has 3 nitrogen and oxygen atoms in total. The summed E-state index contributed by atoms with van der Waals surface area (Å²) >= 11 is 0. The van der Waals surface area contributed by atoms with Crippen molar-refractivity contribution >= 4 is 19.7 Å². The van der Waals surface area contributed by atoms with E-state index in [1.807, 2.05) is 40.7 Å². The summed E-state index contributed by atoms with van der Waals surface area (Å²) in [7, 11) is 1.85. The molecule has 0 saturated carbocycles. The highest BCUT2D eigenvalue weighted by Crippen LogP contribution is 2.27. The molecule has 0 bridgehead atoms. The number of halogens is 1. The van der Waals surface area contributed by atoms with E-state index in [0.717, 1.165) is 22.4 Å². The Morgan fingerprint density at radius 2 is 1.70 bits per heavy atom. The molecule has 0 amide bonds. The maximum Gasteiger partial charge on any atom is 0.233 e. The summed E-state index contributed by atoms with van der Waals surface area (Å²) < 4.78 is 28.4. The van der Waals surface area contributed by atoms with Gasteiger partial charge in [0, 0.05) is 16.6 Å². The normalized spacial score (nSPS) is 13.6. The molecule has 20 heavy (non-hydrogen) atoms. The fraction of sp³-hybridized carbons (Fsp3) is 0.600. The van der Waals surface area contributed by atoms with Crippen LogP contribution in [0.4, 0.5) is 0 Å². The predicted molar refractivity (Wildman–Crippen MR) is 84.1 cm³/mol. The van der Waals surface area contributed by atoms with Crippen molar-refractivity contribution in [2.45, 2.75) is 34.6 Å². The number of aryl methyl sites for hydroxylation is 2. The minimum atomic E-state index is -3.51. The number of hydrogen-bond acceptors (Lipinski definition) is 3. The van der Waals surface area contributed by atoms with Gasteiger partial charge in [0.15, 0.2) is 0 Å². The van der Waals surface area contributed by atoms with E-state index in [9.17, 15) is 8.42 Å². The molecule has 0 aliphatic heterocycles. The first-order chi connectivity index (χ1) is 9.11. The lowest BCUT2D eigenvalue weighted by Gasteiger charge is -2.22. The van der Waals surface area contributed by atoms with Crippen LogP contribution in [0.5, 0.6) is 5.75 Å². The topological polar surface area (TPSA) is 43.4 Å². The van der Waals surface area contributed by atoms with Crippen LogP contribution in [-0.4, -0.2) is 20.8 Å². The molecule has 0 fully saturated rings. The fourth-order valence-electron chi connectivity index (χ4n) is 2.03. The third-order valence-electron chi connectivity index (χ3n) is 3.67. The van der Waals surface area contributed by atoms with Gasteiger partial charge in [0.1, 0.15) is 5.75 Å². The van der Waals surface area contributed by atoms with Crippen molar-refractivity contribution in [3.8, 4) is 5.75 Å². The van der Waals surface area contributed by atoms with Gasteiger partial charge in [0.2, 0.25) is 9.05 Å². The van der Waals surface area contributed by atoms with Crippen molar-refractivity contribution in [1.82, 2.24) is 0 Å². The standard InChI is InChI=1S/C15H23ClO3S/c1-10(2)14(9-20(16,17)18)8-19-15-12(4)7-6-11(3)13(15)5/h6-7,10,14H,8-9H2,1-5H3. The highest BCUT2D eigenvalue weighted by atomic mass is 35.7. The smallest absolute Gasteiger partial charge is 0.233 e. The van der Waals surface area contributed by atoms with Crippen molar-refractivity contribution in [2.24, 2.45) is 11.8 Å². The number of ether oxygens (including phenoxy) is 1. The molecule has 0 aromatic heterocycles. The summed E-state index contributed by atoms with van der Waals surface area (Å²) in [6.07, 6.45) is 0. The molecule has 1 atom stereocenters. The Balaban J connectivity index is 2.86. The zero-order valence-corrected chi connectivity index (χ0v) is 14.3. The summed E-state index contributed by atoms with van der Waals surface area (Å²) in [4.78, 5) is 0. The average molecular weight is 319 g/mol. The molecule has 0 aliphatic rings. The van der Waals surface area contributed by atoms with E-state index in [4.69, 9.17) is 15.4 Å². The van der Waals surface area contributed by atoms with E-state index in [1.54, 1.807) is 0 Å². The van der Waals surface area contributed by atoms with E-state index in [-0.39, 0.29) is 17.6 Å². The summed E-state index contributed by atoms with van der Waals surface area (Å²) in [6.45, 7) is 10.3. The van der Waals surface area contributed by atoms with E-state index in [0.29, 0.717) is 6.61 Å². The van der Waals surface area contributed by atoms with Gasteiger partial charge >= 0.3 is 0 Å². The number of rotatable bonds is 6. The average Bonchev–Trinajstić information content (AvgIpc) is 2.31. The lowest BCUT2D eigenvalue weighted by Crippen LogP contribution is -2.25. The first-order valence-corrected chi connectivity index (χ1v) is 9.21. The van der Waals surface area contributed by atoms with E-state index < -0.39 is 9.05 Å². The van der Waals surface area contributed by atoms with Gasteiger partial charge < -0.3 is 4.74 Å². The van der Waals surface area contributed by atoms with Gasteiger partial charge in [-0.1, -0.05) is 26.0 Å². The Morgan fingerprint density at radius 1 is 1.15 bits per heavy atom. The highest BCUT2D eigenvalue weighted by Gasteiger charge is 2.22. The number of benzene rings is 1. The second-order valence-electron chi connectivity index (χ2n) is 5.67. The van der Waals surface area contributed by atoms with Gasteiger partial charge in [0.25, 0.3) is 0 Å². The van der Waals surface area contributed by atoms with Crippen LogP contribution < -0.4 is 4.74 Å². The van der Waals surface area contributed by atoms with Crippen LogP contribution in [-0.2, 0) is 9.05 Å². The van der Waals surface area contributed by atoms with Gasteiger partial charge in [-0.2, -0.15) is 0 Å². The van der Waals surface area contributed by atoms with Gasteiger partial charge in [-0.25, -0.2) is 8.42 Å². The van der Waals surface area contributed by atoms with Crippen molar-refractivity contribution < 1.29 is 13.2 Å². The third kappa shape index (κ3) is 4.98. The van der Waals surface area contributed by atoms with Crippen LogP contribution in [0, 0.1) is 32.6 Å². The van der Waals surface area contributed by atoms with Crippen LogP contribution in [0.3, 0.4) is 0 Å². The molecule has 5 heteroatoms. The first-order valence-electron chi connectivity index (χ1n) is 6.73. The molecule has 0 heterocycles. The first kappa shape index (κ1) is 17.3. The Labute approximate surface area is 126 Å². The van der Waals surface area contributed by atoms with Crippen LogP contribution in [0.15, 0.2) is 12.1 Å². The minimum Gasteiger partial charge on any atom is -0.493 e. The maximum atomic E-state index is 11.3. The molecule has 1 unspecified atom stereocenters. The van der Waals surface area contributed by atoms with Crippen molar-refractivity contribution in [1.29, 1.82) is 0 Å². The van der Waals surface area contributed by atoms with E-state index >= 15 is 0 Å². The molecule has 1 aromatic rings. The summed E-state index contributed by atoms with van der Waals surface area (Å²) in [5, 5.41) is 0. The monoisotopic (exact) mass is 318 g/mol. The van der Waals surface area contributed by atoms with Crippen molar-refractivity contribution in [2.75, 3.05) is 12.4 Å².